The Hall–Kier alpha value is -1.80. The molecule has 3 rings (SSSR count). The molecule has 1 aliphatic heterocycles. The zero-order chi connectivity index (χ0) is 18.0. The van der Waals surface area contributed by atoms with E-state index in [4.69, 9.17) is 0 Å². The SMILES string of the molecule is CC/N=C(\SC)N1CCc2nn(S(=O)(=O)c3ccc(C)cc3)cc2C1. The van der Waals surface area contributed by atoms with E-state index in [2.05, 4.69) is 15.0 Å². The molecule has 0 saturated heterocycles. The molecule has 0 fully saturated rings. The van der Waals surface area contributed by atoms with E-state index in [1.165, 1.54) is 0 Å². The average molecular weight is 379 g/mol. The van der Waals surface area contributed by atoms with Gasteiger partial charge < -0.3 is 4.90 Å². The summed E-state index contributed by atoms with van der Waals surface area (Å²) in [4.78, 5) is 6.95. The van der Waals surface area contributed by atoms with Crippen LogP contribution in [-0.2, 0) is 23.0 Å². The summed E-state index contributed by atoms with van der Waals surface area (Å²) < 4.78 is 26.7. The molecule has 6 nitrogen and oxygen atoms in total. The van der Waals surface area contributed by atoms with E-state index in [9.17, 15) is 8.42 Å². The standard InChI is InChI=1S/C17H22N4O2S2/c1-4-18-17(24-3)20-10-9-16-14(11-20)12-21(19-16)25(22,23)15-7-5-13(2)6-8-15/h5-8,12H,4,9-11H2,1-3H3/b18-17-. The smallest absolute Gasteiger partial charge is 0.282 e. The second kappa shape index (κ2) is 7.21. The fourth-order valence-electron chi connectivity index (χ4n) is 2.82. The van der Waals surface area contributed by atoms with E-state index < -0.39 is 10.0 Å². The Morgan fingerprint density at radius 2 is 2.04 bits per heavy atom. The molecule has 8 heteroatoms. The molecule has 0 spiro atoms. The van der Waals surface area contributed by atoms with Crippen LogP contribution in [0.1, 0.15) is 23.7 Å². The third-order valence-corrected chi connectivity index (χ3v) is 6.45. The Balaban J connectivity index is 1.90. The van der Waals surface area contributed by atoms with Gasteiger partial charge in [0.1, 0.15) is 0 Å². The van der Waals surface area contributed by atoms with Crippen LogP contribution < -0.4 is 0 Å². The number of fused-ring (bicyclic) bond motifs is 1. The quantitative estimate of drug-likeness (QED) is 0.606. The number of aliphatic imine (C=N–C) groups is 1. The predicted molar refractivity (Wildman–Crippen MR) is 102 cm³/mol. The highest BCUT2D eigenvalue weighted by atomic mass is 32.2. The van der Waals surface area contributed by atoms with Crippen LogP contribution in [0, 0.1) is 6.92 Å². The van der Waals surface area contributed by atoms with E-state index in [0.717, 1.165) is 45.6 Å². The molecule has 1 aromatic heterocycles. The van der Waals surface area contributed by atoms with Crippen LogP contribution in [0.5, 0.6) is 0 Å². The zero-order valence-corrected chi connectivity index (χ0v) is 16.3. The summed E-state index contributed by atoms with van der Waals surface area (Å²) in [6.07, 6.45) is 4.37. The molecule has 0 unspecified atom stereocenters. The molecule has 134 valence electrons. The number of rotatable bonds is 3. The normalized spacial score (nSPS) is 15.3. The highest BCUT2D eigenvalue weighted by Crippen LogP contribution is 2.23. The van der Waals surface area contributed by atoms with Gasteiger partial charge in [-0.15, -0.1) is 0 Å². The molecule has 0 saturated carbocycles. The lowest BCUT2D eigenvalue weighted by Gasteiger charge is -2.28. The molecular formula is C17H22N4O2S2. The predicted octanol–water partition coefficient (Wildman–Crippen LogP) is 2.53. The summed E-state index contributed by atoms with van der Waals surface area (Å²) in [6, 6.07) is 6.84. The molecule has 2 heterocycles. The first-order chi connectivity index (χ1) is 12.0. The third kappa shape index (κ3) is 3.59. The van der Waals surface area contributed by atoms with Crippen LogP contribution in [0.2, 0.25) is 0 Å². The number of thioether (sulfide) groups is 1. The van der Waals surface area contributed by atoms with Gasteiger partial charge in [0.2, 0.25) is 0 Å². The minimum Gasteiger partial charge on any atom is -0.347 e. The molecule has 25 heavy (non-hydrogen) atoms. The van der Waals surface area contributed by atoms with Crippen LogP contribution >= 0.6 is 11.8 Å². The van der Waals surface area contributed by atoms with Crippen molar-refractivity contribution in [2.45, 2.75) is 31.7 Å². The first-order valence-corrected chi connectivity index (χ1v) is 10.8. The summed E-state index contributed by atoms with van der Waals surface area (Å²) in [5, 5.41) is 5.33. The van der Waals surface area contributed by atoms with Gasteiger partial charge in [0, 0.05) is 37.8 Å². The van der Waals surface area contributed by atoms with E-state index in [0.29, 0.717) is 6.54 Å². The summed E-state index contributed by atoms with van der Waals surface area (Å²) in [6.45, 7) is 6.11. The fraction of sp³-hybridized carbons (Fsp3) is 0.412. The molecule has 1 aliphatic rings. The minimum absolute atomic E-state index is 0.257. The van der Waals surface area contributed by atoms with Crippen molar-refractivity contribution in [3.8, 4) is 0 Å². The Kier molecular flexibility index (Phi) is 5.19. The maximum Gasteiger partial charge on any atom is 0.282 e. The van der Waals surface area contributed by atoms with Gasteiger partial charge in [-0.05, 0) is 32.2 Å². The Bertz CT molecular complexity index is 886. The lowest BCUT2D eigenvalue weighted by Crippen LogP contribution is -2.34. The number of aromatic nitrogens is 2. The van der Waals surface area contributed by atoms with Gasteiger partial charge in [0.05, 0.1) is 10.6 Å². The van der Waals surface area contributed by atoms with Crippen molar-refractivity contribution in [3.05, 3.63) is 47.3 Å². The van der Waals surface area contributed by atoms with E-state index in [-0.39, 0.29) is 4.90 Å². The topological polar surface area (TPSA) is 67.6 Å². The summed E-state index contributed by atoms with van der Waals surface area (Å²) >= 11 is 1.62. The van der Waals surface area contributed by atoms with Crippen molar-refractivity contribution in [1.82, 2.24) is 14.1 Å². The van der Waals surface area contributed by atoms with Crippen LogP contribution in [-0.4, -0.2) is 47.0 Å². The molecule has 0 N–H and O–H groups in total. The summed E-state index contributed by atoms with van der Waals surface area (Å²) in [5.74, 6) is 0. The number of amidine groups is 1. The Morgan fingerprint density at radius 3 is 2.68 bits per heavy atom. The lowest BCUT2D eigenvalue weighted by atomic mass is 10.1. The minimum atomic E-state index is -3.65. The largest absolute Gasteiger partial charge is 0.347 e. The van der Waals surface area contributed by atoms with Crippen molar-refractivity contribution in [2.24, 2.45) is 4.99 Å². The van der Waals surface area contributed by atoms with E-state index >= 15 is 0 Å². The second-order valence-corrected chi connectivity index (χ2v) is 8.49. The van der Waals surface area contributed by atoms with Crippen LogP contribution in [0.3, 0.4) is 0 Å². The summed E-state index contributed by atoms with van der Waals surface area (Å²) in [5.41, 5.74) is 2.82. The number of hydrogen-bond acceptors (Lipinski definition) is 5. The Morgan fingerprint density at radius 1 is 1.32 bits per heavy atom. The molecular weight excluding hydrogens is 356 g/mol. The van der Waals surface area contributed by atoms with Gasteiger partial charge in [0.15, 0.2) is 5.17 Å². The van der Waals surface area contributed by atoms with Gasteiger partial charge in [0.25, 0.3) is 10.0 Å². The number of aryl methyl sites for hydroxylation is 1. The zero-order valence-electron chi connectivity index (χ0n) is 14.6. The van der Waals surface area contributed by atoms with E-state index in [1.54, 1.807) is 42.2 Å². The van der Waals surface area contributed by atoms with Gasteiger partial charge in [-0.1, -0.05) is 29.5 Å². The van der Waals surface area contributed by atoms with Gasteiger partial charge in [-0.2, -0.15) is 17.6 Å². The highest BCUT2D eigenvalue weighted by Gasteiger charge is 2.25. The van der Waals surface area contributed by atoms with Crippen LogP contribution in [0.25, 0.3) is 0 Å². The molecule has 2 aromatic rings. The molecule has 0 atom stereocenters. The average Bonchev–Trinajstić information content (AvgIpc) is 3.04. The maximum atomic E-state index is 12.8. The third-order valence-electron chi connectivity index (χ3n) is 4.15. The number of nitrogens with zero attached hydrogens (tertiary/aromatic N) is 4. The lowest BCUT2D eigenvalue weighted by molar-refractivity contribution is 0.398. The highest BCUT2D eigenvalue weighted by molar-refractivity contribution is 8.13. The van der Waals surface area contributed by atoms with Gasteiger partial charge in [-0.25, -0.2) is 0 Å². The van der Waals surface area contributed by atoms with Crippen molar-refractivity contribution >= 4 is 27.0 Å². The van der Waals surface area contributed by atoms with Gasteiger partial charge >= 0.3 is 0 Å². The molecule has 0 aliphatic carbocycles. The van der Waals surface area contributed by atoms with Crippen molar-refractivity contribution in [3.63, 3.8) is 0 Å². The van der Waals surface area contributed by atoms with Gasteiger partial charge in [-0.3, -0.25) is 4.99 Å². The van der Waals surface area contributed by atoms with Crippen LogP contribution in [0.4, 0.5) is 0 Å². The van der Waals surface area contributed by atoms with Crippen molar-refractivity contribution < 1.29 is 8.42 Å². The fourth-order valence-corrected chi connectivity index (χ4v) is 4.66. The Labute approximate surface area is 153 Å². The second-order valence-electron chi connectivity index (χ2n) is 5.92. The molecule has 1 aromatic carbocycles. The van der Waals surface area contributed by atoms with Crippen molar-refractivity contribution in [1.29, 1.82) is 0 Å². The summed E-state index contributed by atoms with van der Waals surface area (Å²) in [7, 11) is -3.65. The first kappa shape index (κ1) is 18.0. The molecule has 0 bridgehead atoms. The maximum absolute atomic E-state index is 12.8. The van der Waals surface area contributed by atoms with Crippen molar-refractivity contribution in [2.75, 3.05) is 19.3 Å². The monoisotopic (exact) mass is 378 g/mol. The van der Waals surface area contributed by atoms with E-state index in [1.807, 2.05) is 20.1 Å². The molecule has 0 amide bonds. The number of hydrogen-bond donors (Lipinski definition) is 0. The first-order valence-electron chi connectivity index (χ1n) is 8.18. The van der Waals surface area contributed by atoms with Crippen LogP contribution in [0.15, 0.2) is 40.4 Å². The molecule has 0 radical (unpaired) electrons. The number of benzene rings is 1.